The van der Waals surface area contributed by atoms with Crippen molar-refractivity contribution in [3.05, 3.63) is 41.4 Å². The van der Waals surface area contributed by atoms with Crippen molar-refractivity contribution in [3.8, 4) is 5.75 Å². The van der Waals surface area contributed by atoms with Crippen molar-refractivity contribution in [2.24, 2.45) is 10.7 Å². The van der Waals surface area contributed by atoms with Gasteiger partial charge < -0.3 is 20.3 Å². The number of unbranched alkanes of at least 4 members (excludes halogenated alkanes) is 1. The summed E-state index contributed by atoms with van der Waals surface area (Å²) in [6.45, 7) is 7.07. The molecule has 2 aromatic rings. The smallest absolute Gasteiger partial charge is 0.191 e. The molecule has 1 fully saturated rings. The Hall–Kier alpha value is -2.28. The normalized spacial score (nSPS) is 15.3. The second-order valence-corrected chi connectivity index (χ2v) is 7.19. The molecule has 0 atom stereocenters. The van der Waals surface area contributed by atoms with Crippen molar-refractivity contribution in [1.82, 2.24) is 9.88 Å². The van der Waals surface area contributed by atoms with Crippen molar-refractivity contribution >= 4 is 22.4 Å². The van der Waals surface area contributed by atoms with Crippen LogP contribution in [0.5, 0.6) is 5.75 Å². The van der Waals surface area contributed by atoms with Gasteiger partial charge in [-0.2, -0.15) is 0 Å². The first-order valence-corrected chi connectivity index (χ1v) is 10.1. The standard InChI is InChI=1S/C19H27N5OS/c1-2-3-12-25-17-6-4-5-16(14-17)15-22-18(20)23-8-10-24(11-9-23)19-21-7-13-26-19/h4-7,13-14H,2-3,8-12,15H2,1H3,(H2,20,22). The van der Waals surface area contributed by atoms with Crippen LogP contribution in [0, 0.1) is 0 Å². The Kier molecular flexibility index (Phi) is 6.71. The molecule has 0 aliphatic carbocycles. The predicted molar refractivity (Wildman–Crippen MR) is 108 cm³/mol. The van der Waals surface area contributed by atoms with E-state index in [0.717, 1.165) is 62.1 Å². The van der Waals surface area contributed by atoms with Gasteiger partial charge in [-0.3, -0.25) is 0 Å². The summed E-state index contributed by atoms with van der Waals surface area (Å²) in [6.07, 6.45) is 4.06. The minimum absolute atomic E-state index is 0.573. The number of rotatable bonds is 7. The average molecular weight is 374 g/mol. The first kappa shape index (κ1) is 18.5. The molecule has 0 saturated carbocycles. The summed E-state index contributed by atoms with van der Waals surface area (Å²) in [5, 5.41) is 3.09. The van der Waals surface area contributed by atoms with Gasteiger partial charge in [-0.25, -0.2) is 9.98 Å². The fourth-order valence-corrected chi connectivity index (χ4v) is 3.54. The van der Waals surface area contributed by atoms with Crippen molar-refractivity contribution in [2.75, 3.05) is 37.7 Å². The van der Waals surface area contributed by atoms with E-state index in [1.54, 1.807) is 11.3 Å². The summed E-state index contributed by atoms with van der Waals surface area (Å²) in [5.41, 5.74) is 7.32. The molecule has 7 heteroatoms. The molecule has 140 valence electrons. The molecule has 1 aromatic carbocycles. The number of aliphatic imine (C=N–C) groups is 1. The Morgan fingerprint density at radius 1 is 1.31 bits per heavy atom. The van der Waals surface area contributed by atoms with E-state index < -0.39 is 0 Å². The third kappa shape index (κ3) is 5.11. The Labute approximate surface area is 159 Å². The molecule has 0 unspecified atom stereocenters. The molecule has 1 aromatic heterocycles. The van der Waals surface area contributed by atoms with Gasteiger partial charge in [0.15, 0.2) is 11.1 Å². The zero-order chi connectivity index (χ0) is 18.2. The molecule has 1 aliphatic heterocycles. The Morgan fingerprint density at radius 3 is 2.88 bits per heavy atom. The lowest BCUT2D eigenvalue weighted by Gasteiger charge is -2.35. The number of thiazole rings is 1. The van der Waals surface area contributed by atoms with Crippen LogP contribution in [0.4, 0.5) is 5.13 Å². The van der Waals surface area contributed by atoms with Gasteiger partial charge in [0.2, 0.25) is 0 Å². The third-order valence-electron chi connectivity index (χ3n) is 4.38. The third-order valence-corrected chi connectivity index (χ3v) is 5.21. The summed E-state index contributed by atoms with van der Waals surface area (Å²) in [4.78, 5) is 13.4. The lowest BCUT2D eigenvalue weighted by Crippen LogP contribution is -2.51. The molecule has 0 radical (unpaired) electrons. The number of benzene rings is 1. The first-order valence-electron chi connectivity index (χ1n) is 9.17. The quantitative estimate of drug-likeness (QED) is 0.459. The van der Waals surface area contributed by atoms with Crippen molar-refractivity contribution in [2.45, 2.75) is 26.3 Å². The summed E-state index contributed by atoms with van der Waals surface area (Å²) in [5.74, 6) is 1.52. The SMILES string of the molecule is CCCCOc1cccc(CN=C(N)N2CCN(c3nccs3)CC2)c1. The zero-order valence-corrected chi connectivity index (χ0v) is 16.1. The molecule has 0 bridgehead atoms. The van der Waals surface area contributed by atoms with E-state index in [2.05, 4.69) is 32.8 Å². The van der Waals surface area contributed by atoms with Crippen molar-refractivity contribution in [1.29, 1.82) is 0 Å². The van der Waals surface area contributed by atoms with E-state index in [9.17, 15) is 0 Å². The molecule has 2 heterocycles. The monoisotopic (exact) mass is 373 g/mol. The van der Waals surface area contributed by atoms with E-state index in [4.69, 9.17) is 10.5 Å². The van der Waals surface area contributed by atoms with Crippen LogP contribution in [-0.4, -0.2) is 48.6 Å². The molecule has 1 aliphatic rings. The van der Waals surface area contributed by atoms with Gasteiger partial charge >= 0.3 is 0 Å². The molecular weight excluding hydrogens is 346 g/mol. The van der Waals surface area contributed by atoms with Crippen LogP contribution in [0.3, 0.4) is 0 Å². The molecule has 1 saturated heterocycles. The van der Waals surface area contributed by atoms with Crippen LogP contribution in [0.1, 0.15) is 25.3 Å². The minimum Gasteiger partial charge on any atom is -0.494 e. The lowest BCUT2D eigenvalue weighted by atomic mass is 10.2. The molecule has 2 N–H and O–H groups in total. The Balaban J connectivity index is 1.50. The molecule has 26 heavy (non-hydrogen) atoms. The fourth-order valence-electron chi connectivity index (χ4n) is 2.84. The van der Waals surface area contributed by atoms with Crippen LogP contribution < -0.4 is 15.4 Å². The second kappa shape index (κ2) is 9.43. The predicted octanol–water partition coefficient (Wildman–Crippen LogP) is 2.96. The topological polar surface area (TPSA) is 67.0 Å². The highest BCUT2D eigenvalue weighted by atomic mass is 32.1. The van der Waals surface area contributed by atoms with Gasteiger partial charge in [0, 0.05) is 37.8 Å². The number of hydrogen-bond donors (Lipinski definition) is 1. The van der Waals surface area contributed by atoms with Gasteiger partial charge in [-0.1, -0.05) is 25.5 Å². The summed E-state index contributed by atoms with van der Waals surface area (Å²) >= 11 is 1.68. The molecule has 6 nitrogen and oxygen atoms in total. The van der Waals surface area contributed by atoms with Gasteiger partial charge in [-0.05, 0) is 24.1 Å². The van der Waals surface area contributed by atoms with Crippen LogP contribution >= 0.6 is 11.3 Å². The highest BCUT2D eigenvalue weighted by Crippen LogP contribution is 2.19. The van der Waals surface area contributed by atoms with E-state index in [1.165, 1.54) is 0 Å². The highest BCUT2D eigenvalue weighted by molar-refractivity contribution is 7.13. The highest BCUT2D eigenvalue weighted by Gasteiger charge is 2.19. The van der Waals surface area contributed by atoms with E-state index >= 15 is 0 Å². The van der Waals surface area contributed by atoms with Crippen LogP contribution in [0.2, 0.25) is 0 Å². The maximum atomic E-state index is 6.21. The van der Waals surface area contributed by atoms with E-state index in [-0.39, 0.29) is 0 Å². The summed E-state index contributed by atoms with van der Waals surface area (Å²) in [6, 6.07) is 8.11. The number of aromatic nitrogens is 1. The Bertz CT molecular complexity index is 696. The van der Waals surface area contributed by atoms with Crippen molar-refractivity contribution < 1.29 is 4.74 Å². The van der Waals surface area contributed by atoms with Gasteiger partial charge in [0.05, 0.1) is 13.2 Å². The largest absolute Gasteiger partial charge is 0.494 e. The minimum atomic E-state index is 0.573. The van der Waals surface area contributed by atoms with Crippen LogP contribution in [0.15, 0.2) is 40.8 Å². The molecule has 3 rings (SSSR count). The van der Waals surface area contributed by atoms with Crippen molar-refractivity contribution in [3.63, 3.8) is 0 Å². The zero-order valence-electron chi connectivity index (χ0n) is 15.3. The van der Waals surface area contributed by atoms with Crippen LogP contribution in [-0.2, 0) is 6.54 Å². The average Bonchev–Trinajstić information content (AvgIpc) is 3.22. The number of ether oxygens (including phenoxy) is 1. The summed E-state index contributed by atoms with van der Waals surface area (Å²) < 4.78 is 5.76. The number of hydrogen-bond acceptors (Lipinski definition) is 5. The Morgan fingerprint density at radius 2 is 2.15 bits per heavy atom. The number of piperazine rings is 1. The first-order chi connectivity index (χ1) is 12.8. The maximum absolute atomic E-state index is 6.21. The summed E-state index contributed by atoms with van der Waals surface area (Å²) in [7, 11) is 0. The number of guanidine groups is 1. The van der Waals surface area contributed by atoms with Gasteiger partial charge in [-0.15, -0.1) is 11.3 Å². The second-order valence-electron chi connectivity index (χ2n) is 6.31. The van der Waals surface area contributed by atoms with Gasteiger partial charge in [0.25, 0.3) is 0 Å². The number of anilines is 1. The van der Waals surface area contributed by atoms with E-state index in [0.29, 0.717) is 12.5 Å². The molecule has 0 amide bonds. The van der Waals surface area contributed by atoms with E-state index in [1.807, 2.05) is 29.8 Å². The number of nitrogens with zero attached hydrogens (tertiary/aromatic N) is 4. The maximum Gasteiger partial charge on any atom is 0.191 e. The fraction of sp³-hybridized carbons (Fsp3) is 0.474. The lowest BCUT2D eigenvalue weighted by molar-refractivity contribution is 0.309. The number of nitrogens with two attached hydrogens (primary N) is 1. The molecular formula is C19H27N5OS. The molecule has 0 spiro atoms. The van der Waals surface area contributed by atoms with Gasteiger partial charge in [0.1, 0.15) is 5.75 Å². The van der Waals surface area contributed by atoms with Crippen LogP contribution in [0.25, 0.3) is 0 Å².